The van der Waals surface area contributed by atoms with Gasteiger partial charge >= 0.3 is 5.97 Å². The first-order valence-corrected chi connectivity index (χ1v) is 9.82. The summed E-state index contributed by atoms with van der Waals surface area (Å²) < 4.78 is 5.17. The van der Waals surface area contributed by atoms with Gasteiger partial charge in [-0.05, 0) is 18.4 Å². The van der Waals surface area contributed by atoms with Gasteiger partial charge < -0.3 is 10.1 Å². The van der Waals surface area contributed by atoms with Crippen LogP contribution in [0.25, 0.3) is 0 Å². The summed E-state index contributed by atoms with van der Waals surface area (Å²) in [5.41, 5.74) is -0.587. The van der Waals surface area contributed by atoms with Gasteiger partial charge in [-0.25, -0.2) is 4.79 Å². The number of likely N-dealkylation sites (tertiary alicyclic amines) is 1. The van der Waals surface area contributed by atoms with Gasteiger partial charge in [0.05, 0.1) is 12.0 Å². The SMILES string of the molecule is CCN1C(=O)[C@@H]2[C@@H](C1=O)[C@@](C(=O)OC)(c1ccccc1)[NH2+][C@H]2c1cccs1. The van der Waals surface area contributed by atoms with Crippen LogP contribution in [0.15, 0.2) is 47.8 Å². The van der Waals surface area contributed by atoms with Crippen LogP contribution in [0, 0.1) is 11.8 Å². The minimum atomic E-state index is -1.27. The highest BCUT2D eigenvalue weighted by molar-refractivity contribution is 7.10. The summed E-state index contributed by atoms with van der Waals surface area (Å²) >= 11 is 1.53. The van der Waals surface area contributed by atoms with Crippen molar-refractivity contribution in [2.75, 3.05) is 13.7 Å². The molecule has 0 unspecified atom stereocenters. The summed E-state index contributed by atoms with van der Waals surface area (Å²) in [7, 11) is 1.33. The minimum Gasteiger partial charge on any atom is -0.464 e. The van der Waals surface area contributed by atoms with Gasteiger partial charge in [0.15, 0.2) is 0 Å². The maximum absolute atomic E-state index is 13.2. The predicted octanol–water partition coefficient (Wildman–Crippen LogP) is 1.06. The van der Waals surface area contributed by atoms with Gasteiger partial charge in [0.25, 0.3) is 0 Å². The van der Waals surface area contributed by atoms with Crippen molar-refractivity contribution in [3.63, 3.8) is 0 Å². The van der Waals surface area contributed by atoms with E-state index in [-0.39, 0.29) is 17.9 Å². The van der Waals surface area contributed by atoms with Gasteiger partial charge in [0.1, 0.15) is 17.9 Å². The van der Waals surface area contributed by atoms with E-state index in [1.54, 1.807) is 6.92 Å². The number of esters is 1. The molecular formula is C20H21N2O4S+. The number of thiophene rings is 1. The average molecular weight is 385 g/mol. The van der Waals surface area contributed by atoms with E-state index in [9.17, 15) is 14.4 Å². The van der Waals surface area contributed by atoms with E-state index in [2.05, 4.69) is 0 Å². The molecule has 4 rings (SSSR count). The molecule has 4 atom stereocenters. The highest BCUT2D eigenvalue weighted by atomic mass is 32.1. The molecule has 2 aliphatic heterocycles. The van der Waals surface area contributed by atoms with Crippen LogP contribution in [0.3, 0.4) is 0 Å². The monoisotopic (exact) mass is 385 g/mol. The summed E-state index contributed by atoms with van der Waals surface area (Å²) in [6.45, 7) is 2.08. The number of ether oxygens (including phenoxy) is 1. The Kier molecular flexibility index (Phi) is 4.36. The van der Waals surface area contributed by atoms with Crippen molar-refractivity contribution in [1.29, 1.82) is 0 Å². The summed E-state index contributed by atoms with van der Waals surface area (Å²) in [5, 5.41) is 3.82. The molecule has 2 N–H and O–H groups in total. The highest BCUT2D eigenvalue weighted by Crippen LogP contribution is 2.49. The normalized spacial score (nSPS) is 29.9. The molecule has 0 aliphatic carbocycles. The molecule has 140 valence electrons. The Morgan fingerprint density at radius 2 is 1.93 bits per heavy atom. The van der Waals surface area contributed by atoms with Crippen molar-refractivity contribution < 1.29 is 24.4 Å². The van der Waals surface area contributed by atoms with Crippen molar-refractivity contribution in [3.05, 3.63) is 58.3 Å². The predicted molar refractivity (Wildman–Crippen MR) is 98.5 cm³/mol. The molecule has 2 aliphatic rings. The lowest BCUT2D eigenvalue weighted by Gasteiger charge is -2.29. The third-order valence-corrected chi connectivity index (χ3v) is 6.70. The Bertz CT molecular complexity index is 883. The van der Waals surface area contributed by atoms with Crippen LogP contribution in [-0.2, 0) is 24.7 Å². The topological polar surface area (TPSA) is 80.3 Å². The molecule has 0 radical (unpaired) electrons. The summed E-state index contributed by atoms with van der Waals surface area (Å²) in [6.07, 6.45) is 0. The number of carbonyl (C=O) groups is 3. The molecule has 2 aromatic rings. The fourth-order valence-electron chi connectivity index (χ4n) is 4.61. The van der Waals surface area contributed by atoms with Crippen molar-refractivity contribution in [2.24, 2.45) is 11.8 Å². The largest absolute Gasteiger partial charge is 0.464 e. The number of nitrogens with zero attached hydrogens (tertiary/aromatic N) is 1. The molecular weight excluding hydrogens is 364 g/mol. The molecule has 2 amide bonds. The Morgan fingerprint density at radius 3 is 2.52 bits per heavy atom. The van der Waals surface area contributed by atoms with Crippen molar-refractivity contribution in [1.82, 2.24) is 4.90 Å². The summed E-state index contributed by atoms with van der Waals surface area (Å²) in [4.78, 5) is 41.7. The van der Waals surface area contributed by atoms with E-state index in [0.29, 0.717) is 12.1 Å². The molecule has 6 nitrogen and oxygen atoms in total. The number of amides is 2. The van der Waals surface area contributed by atoms with E-state index >= 15 is 0 Å². The first-order chi connectivity index (χ1) is 13.1. The lowest BCUT2D eigenvalue weighted by atomic mass is 9.75. The number of benzene rings is 1. The number of hydrogen-bond acceptors (Lipinski definition) is 5. The second kappa shape index (κ2) is 6.58. The zero-order chi connectivity index (χ0) is 19.2. The van der Waals surface area contributed by atoms with Crippen LogP contribution in [0.5, 0.6) is 0 Å². The molecule has 27 heavy (non-hydrogen) atoms. The van der Waals surface area contributed by atoms with Crippen LogP contribution in [-0.4, -0.2) is 36.3 Å². The Morgan fingerprint density at radius 1 is 1.19 bits per heavy atom. The van der Waals surface area contributed by atoms with Gasteiger partial charge in [-0.1, -0.05) is 36.4 Å². The quantitative estimate of drug-likeness (QED) is 0.630. The standard InChI is InChI=1S/C20H20N2O4S/c1-3-22-17(23)14-15(18(22)24)20(19(25)26-2,12-8-5-4-6-9-12)21-16(14)13-10-7-11-27-13/h4-11,14-16,21H,3H2,1-2H3/p+1/t14-,15+,16+,20-/m1/s1. The number of imide groups is 1. The molecule has 0 spiro atoms. The third kappa shape index (κ3) is 2.38. The first-order valence-electron chi connectivity index (χ1n) is 8.94. The van der Waals surface area contributed by atoms with Crippen LogP contribution < -0.4 is 5.32 Å². The van der Waals surface area contributed by atoms with Crippen LogP contribution in [0.2, 0.25) is 0 Å². The van der Waals surface area contributed by atoms with Crippen molar-refractivity contribution in [2.45, 2.75) is 18.5 Å². The van der Waals surface area contributed by atoms with Crippen LogP contribution >= 0.6 is 11.3 Å². The number of nitrogens with two attached hydrogens (primary N) is 1. The second-order valence-electron chi connectivity index (χ2n) is 6.86. The Balaban J connectivity index is 1.95. The molecule has 1 aromatic heterocycles. The third-order valence-electron chi connectivity index (χ3n) is 5.72. The van der Waals surface area contributed by atoms with E-state index in [1.165, 1.54) is 23.3 Å². The lowest BCUT2D eigenvalue weighted by molar-refractivity contribution is -0.741. The number of carbonyl (C=O) groups excluding carboxylic acids is 3. The Hall–Kier alpha value is -2.51. The fraction of sp³-hybridized carbons (Fsp3) is 0.350. The lowest BCUT2D eigenvalue weighted by Crippen LogP contribution is -2.96. The zero-order valence-electron chi connectivity index (χ0n) is 15.1. The average Bonchev–Trinajstić information content (AvgIpc) is 3.39. The number of hydrogen-bond donors (Lipinski definition) is 1. The molecule has 3 heterocycles. The number of rotatable bonds is 4. The van der Waals surface area contributed by atoms with Gasteiger partial charge in [-0.15, -0.1) is 11.3 Å². The molecule has 2 fully saturated rings. The van der Waals surface area contributed by atoms with Crippen molar-refractivity contribution in [3.8, 4) is 0 Å². The van der Waals surface area contributed by atoms with E-state index in [1.807, 2.05) is 53.2 Å². The van der Waals surface area contributed by atoms with Gasteiger partial charge in [0, 0.05) is 12.1 Å². The zero-order valence-corrected chi connectivity index (χ0v) is 15.9. The first kappa shape index (κ1) is 17.9. The van der Waals surface area contributed by atoms with Gasteiger partial charge in [-0.3, -0.25) is 14.5 Å². The maximum Gasteiger partial charge on any atom is 0.373 e. The number of quaternary nitrogens is 1. The van der Waals surface area contributed by atoms with Gasteiger partial charge in [-0.2, -0.15) is 0 Å². The highest BCUT2D eigenvalue weighted by Gasteiger charge is 2.73. The van der Waals surface area contributed by atoms with E-state index in [4.69, 9.17) is 4.74 Å². The van der Waals surface area contributed by atoms with Crippen LogP contribution in [0.4, 0.5) is 0 Å². The summed E-state index contributed by atoms with van der Waals surface area (Å²) in [6, 6.07) is 12.7. The molecule has 0 saturated carbocycles. The van der Waals surface area contributed by atoms with Gasteiger partial charge in [0.2, 0.25) is 17.4 Å². The minimum absolute atomic E-state index is 0.205. The number of methoxy groups -OCH3 is 1. The molecule has 2 saturated heterocycles. The van der Waals surface area contributed by atoms with E-state index < -0.39 is 23.3 Å². The smallest absolute Gasteiger partial charge is 0.373 e. The number of fused-ring (bicyclic) bond motifs is 1. The fourth-order valence-corrected chi connectivity index (χ4v) is 5.45. The van der Waals surface area contributed by atoms with Crippen molar-refractivity contribution >= 4 is 29.1 Å². The second-order valence-corrected chi connectivity index (χ2v) is 7.84. The van der Waals surface area contributed by atoms with Crippen LogP contribution in [0.1, 0.15) is 23.4 Å². The molecule has 0 bridgehead atoms. The van der Waals surface area contributed by atoms with E-state index in [0.717, 1.165) is 4.88 Å². The molecule has 1 aromatic carbocycles. The summed E-state index contributed by atoms with van der Waals surface area (Å²) in [5.74, 6) is -2.37. The maximum atomic E-state index is 13.2. The molecule has 7 heteroatoms. The Labute approximate surface area is 161 Å².